The van der Waals surface area contributed by atoms with Crippen molar-refractivity contribution >= 4 is 46.6 Å². The highest BCUT2D eigenvalue weighted by Gasteiger charge is 2.57. The number of nitrogens with zero attached hydrogens (tertiary/aromatic N) is 5. The second kappa shape index (κ2) is 15.0. The summed E-state index contributed by atoms with van der Waals surface area (Å²) in [5, 5.41) is 14.6. The molecule has 3 aliphatic rings. The summed E-state index contributed by atoms with van der Waals surface area (Å²) in [6.45, 7) is 1.93. The van der Waals surface area contributed by atoms with Crippen LogP contribution in [0, 0.1) is 5.92 Å². The summed E-state index contributed by atoms with van der Waals surface area (Å²) < 4.78 is 91.7. The van der Waals surface area contributed by atoms with Crippen molar-refractivity contribution < 1.29 is 50.2 Å². The lowest BCUT2D eigenvalue weighted by Gasteiger charge is -2.30. The number of hydrogen-bond acceptors (Lipinski definition) is 12. The highest BCUT2D eigenvalue weighted by Crippen LogP contribution is 2.45. The number of anilines is 1. The van der Waals surface area contributed by atoms with E-state index in [2.05, 4.69) is 30.9 Å². The molecule has 282 valence electrons. The van der Waals surface area contributed by atoms with Gasteiger partial charge in [-0.05, 0) is 50.5 Å². The predicted molar refractivity (Wildman–Crippen MR) is 173 cm³/mol. The number of ether oxygens (including phenoxy) is 2. The fraction of sp³-hybridized carbons (Fsp3) is 0.594. The van der Waals surface area contributed by atoms with Crippen molar-refractivity contribution in [2.45, 2.75) is 112 Å². The molecule has 3 aliphatic carbocycles. The van der Waals surface area contributed by atoms with E-state index in [1.165, 1.54) is 11.8 Å². The van der Waals surface area contributed by atoms with Crippen LogP contribution in [0.15, 0.2) is 35.5 Å². The largest absolute Gasteiger partial charge is 0.490 e. The first-order valence-corrected chi connectivity index (χ1v) is 17.8. The average Bonchev–Trinajstić information content (AvgIpc) is 3.59. The van der Waals surface area contributed by atoms with Crippen LogP contribution in [-0.2, 0) is 23.9 Å². The molecule has 20 heteroatoms. The summed E-state index contributed by atoms with van der Waals surface area (Å²) in [6.07, 6.45) is -12.8. The van der Waals surface area contributed by atoms with Crippen molar-refractivity contribution in [3.05, 3.63) is 35.9 Å². The molecule has 0 bridgehead atoms. The van der Waals surface area contributed by atoms with Crippen molar-refractivity contribution in [1.82, 2.24) is 30.3 Å². The van der Waals surface area contributed by atoms with Gasteiger partial charge in [-0.2, -0.15) is 26.3 Å². The maximum atomic E-state index is 13.7. The molecule has 2 aromatic heterocycles. The highest BCUT2D eigenvalue weighted by atomic mass is 32.2. The van der Waals surface area contributed by atoms with Crippen LogP contribution in [-0.4, -0.2) is 91.2 Å². The zero-order valence-corrected chi connectivity index (χ0v) is 28.5. The summed E-state index contributed by atoms with van der Waals surface area (Å²) in [6, 6.07) is 7.51. The highest BCUT2D eigenvalue weighted by molar-refractivity contribution is 7.99. The van der Waals surface area contributed by atoms with E-state index >= 15 is 0 Å². The Kier molecular flexibility index (Phi) is 10.9. The first-order valence-electron chi connectivity index (χ1n) is 16.8. The number of carbonyl (C=O) groups is 3. The van der Waals surface area contributed by atoms with Gasteiger partial charge in [-0.25, -0.2) is 24.2 Å². The Morgan fingerprint density at radius 2 is 1.60 bits per heavy atom. The number of hydrogen-bond donors (Lipinski definition) is 3. The molecule has 3 fully saturated rings. The molecule has 0 saturated heterocycles. The third kappa shape index (κ3) is 8.37. The number of rotatable bonds is 11. The van der Waals surface area contributed by atoms with E-state index in [0.29, 0.717) is 31.4 Å². The molecule has 3 aromatic rings. The molecule has 4 N–H and O–H groups in total. The Bertz CT molecular complexity index is 1770. The van der Waals surface area contributed by atoms with Gasteiger partial charge in [0.05, 0.1) is 12.0 Å². The van der Waals surface area contributed by atoms with Crippen LogP contribution in [0.25, 0.3) is 11.2 Å². The number of aromatic nitrogens is 5. The van der Waals surface area contributed by atoms with Crippen LogP contribution in [0.5, 0.6) is 0 Å². The molecule has 52 heavy (non-hydrogen) atoms. The average molecular weight is 759 g/mol. The molecule has 1 amide bonds. The number of nitrogens with two attached hydrogens (primary N) is 1. The first kappa shape index (κ1) is 37.6. The summed E-state index contributed by atoms with van der Waals surface area (Å²) in [7, 11) is 0. The van der Waals surface area contributed by atoms with Gasteiger partial charge >= 0.3 is 24.3 Å². The molecule has 6 rings (SSSR count). The zero-order chi connectivity index (χ0) is 37.4. The van der Waals surface area contributed by atoms with Crippen LogP contribution in [0.4, 0.5) is 32.2 Å². The summed E-state index contributed by atoms with van der Waals surface area (Å²) in [5.74, 6) is -7.15. The van der Waals surface area contributed by atoms with Crippen LogP contribution < -0.4 is 16.4 Å². The van der Waals surface area contributed by atoms with Crippen LogP contribution in [0.1, 0.15) is 69.4 Å². The smallest absolute Gasteiger partial charge is 0.451 e. The molecule has 3 saturated carbocycles. The number of amides is 1. The van der Waals surface area contributed by atoms with Gasteiger partial charge in [0.25, 0.3) is 0 Å². The zero-order valence-electron chi connectivity index (χ0n) is 27.7. The Morgan fingerprint density at radius 1 is 0.942 bits per heavy atom. The van der Waals surface area contributed by atoms with Gasteiger partial charge in [0.1, 0.15) is 0 Å². The van der Waals surface area contributed by atoms with E-state index in [9.17, 15) is 40.7 Å². The first-order chi connectivity index (χ1) is 24.6. The fourth-order valence-corrected chi connectivity index (χ4v) is 7.40. The summed E-state index contributed by atoms with van der Waals surface area (Å²) in [5.41, 5.74) is 7.07. The van der Waals surface area contributed by atoms with Crippen LogP contribution in [0.2, 0.25) is 0 Å². The molecule has 0 radical (unpaired) electrons. The third-order valence-corrected chi connectivity index (χ3v) is 10.4. The van der Waals surface area contributed by atoms with E-state index in [0.717, 1.165) is 23.1 Å². The Balaban J connectivity index is 1.39. The van der Waals surface area contributed by atoms with Gasteiger partial charge in [0.15, 0.2) is 34.3 Å². The normalized spacial score (nSPS) is 27.6. The summed E-state index contributed by atoms with van der Waals surface area (Å²) >= 11 is 1.27. The minimum Gasteiger partial charge on any atom is -0.451 e. The van der Waals surface area contributed by atoms with Gasteiger partial charge in [-0.15, -0.1) is 5.10 Å². The van der Waals surface area contributed by atoms with E-state index in [-0.39, 0.29) is 40.1 Å². The molecule has 13 nitrogen and oxygen atoms in total. The fourth-order valence-electron chi connectivity index (χ4n) is 6.71. The lowest BCUT2D eigenvalue weighted by Crippen LogP contribution is -2.48. The minimum atomic E-state index is -5.59. The molecule has 1 aromatic carbocycles. The number of fused-ring (bicyclic) bond motifs is 1. The Labute approximate surface area is 297 Å². The number of esters is 2. The number of carbonyl (C=O) groups excluding carboxylic acids is 3. The quantitative estimate of drug-likeness (QED) is 0.108. The maximum Gasteiger partial charge on any atom is 0.490 e. The van der Waals surface area contributed by atoms with Gasteiger partial charge in [-0.3, -0.25) is 4.79 Å². The second-order valence-electron chi connectivity index (χ2n) is 13.2. The van der Waals surface area contributed by atoms with Crippen molar-refractivity contribution in [3.8, 4) is 0 Å². The SMILES string of the molecule is CCCSc1nc(N[C@@H]2C[C@H]2c2ccccc2)c2nnn([C@@H]3C[C@H](C(=O)NC4CCC(N)CC4)[C@@H](OC(=O)C(F)(F)F)[C@H]3OC(=O)C(F)(F)F)c2n1. The molecule has 2 heterocycles. The summed E-state index contributed by atoms with van der Waals surface area (Å²) in [4.78, 5) is 47.2. The number of halogens is 6. The molecule has 0 unspecified atom stereocenters. The van der Waals surface area contributed by atoms with Gasteiger partial charge in [0.2, 0.25) is 5.91 Å². The molecule has 0 spiro atoms. The Morgan fingerprint density at radius 3 is 2.23 bits per heavy atom. The number of thioether (sulfide) groups is 1. The second-order valence-corrected chi connectivity index (χ2v) is 14.2. The van der Waals surface area contributed by atoms with Crippen molar-refractivity contribution in [2.24, 2.45) is 11.7 Å². The van der Waals surface area contributed by atoms with Gasteiger partial charge in [-0.1, -0.05) is 54.2 Å². The van der Waals surface area contributed by atoms with Crippen molar-refractivity contribution in [3.63, 3.8) is 0 Å². The standard InChI is InChI=1S/C32H36F6N8O5S/c1-2-12-52-30-42-25(41-20-13-18(20)15-6-4-3-5-7-15)22-26(43-30)46(45-44-22)21-14-19(27(47)40-17-10-8-16(39)9-11-17)23(50-28(48)31(33,34)35)24(21)51-29(49)32(36,37)38/h3-7,16-21,23-24H,2,8-14,39H2,1H3,(H,40,47)(H,41,42,43)/t16?,17?,18-,19-,20+,21+,23+,24-/m0/s1. The predicted octanol–water partition coefficient (Wildman–Crippen LogP) is 4.59. The number of nitrogens with one attached hydrogen (secondary N) is 2. The van der Waals surface area contributed by atoms with E-state index in [1.807, 2.05) is 37.3 Å². The number of benzene rings is 1. The molecule has 0 aliphatic heterocycles. The van der Waals surface area contributed by atoms with Crippen molar-refractivity contribution in [1.29, 1.82) is 0 Å². The van der Waals surface area contributed by atoms with E-state index in [4.69, 9.17) is 15.2 Å². The Hall–Kier alpha value is -4.20. The van der Waals surface area contributed by atoms with Crippen LogP contribution in [0.3, 0.4) is 0 Å². The van der Waals surface area contributed by atoms with Gasteiger partial charge < -0.3 is 25.8 Å². The molecular formula is C32H36F6N8O5S. The van der Waals surface area contributed by atoms with Crippen LogP contribution >= 0.6 is 11.8 Å². The number of alkyl halides is 6. The maximum absolute atomic E-state index is 13.7. The third-order valence-electron chi connectivity index (χ3n) is 9.39. The topological polar surface area (TPSA) is 176 Å². The molecule has 6 atom stereocenters. The van der Waals surface area contributed by atoms with E-state index in [1.54, 1.807) is 0 Å². The van der Waals surface area contributed by atoms with Crippen molar-refractivity contribution in [2.75, 3.05) is 11.1 Å². The van der Waals surface area contributed by atoms with E-state index < -0.39 is 66.8 Å². The monoisotopic (exact) mass is 758 g/mol. The lowest BCUT2D eigenvalue weighted by molar-refractivity contribution is -0.222. The lowest BCUT2D eigenvalue weighted by atomic mass is 9.91. The molecular weight excluding hydrogens is 722 g/mol. The van der Waals surface area contributed by atoms with Gasteiger partial charge in [0, 0.05) is 29.8 Å². The minimum absolute atomic E-state index is 0.0469.